The van der Waals surface area contributed by atoms with Gasteiger partial charge >= 0.3 is 0 Å². The van der Waals surface area contributed by atoms with Crippen molar-refractivity contribution in [2.75, 3.05) is 59.5 Å². The second kappa shape index (κ2) is 14.2. The Kier molecular flexibility index (Phi) is 10.5. The molecule has 9 nitrogen and oxygen atoms in total. The van der Waals surface area contributed by atoms with Gasteiger partial charge in [0.1, 0.15) is 23.8 Å². The number of amides is 3. The Labute approximate surface area is 291 Å². The Morgan fingerprint density at radius 3 is 2.22 bits per heavy atom. The van der Waals surface area contributed by atoms with Crippen LogP contribution in [0.3, 0.4) is 0 Å². The van der Waals surface area contributed by atoms with Crippen molar-refractivity contribution < 1.29 is 27.9 Å². The zero-order valence-corrected chi connectivity index (χ0v) is 30.4. The van der Waals surface area contributed by atoms with Crippen molar-refractivity contribution in [1.82, 2.24) is 24.5 Å². The number of rotatable bonds is 6. The number of hydrogen-bond acceptors (Lipinski definition) is 6. The van der Waals surface area contributed by atoms with Crippen molar-refractivity contribution in [3.8, 4) is 0 Å². The Hall–Kier alpha value is -2.63. The molecule has 1 unspecified atom stereocenters. The predicted molar refractivity (Wildman–Crippen MR) is 184 cm³/mol. The minimum Gasteiger partial charge on any atom is -0.368 e. The lowest BCUT2D eigenvalue weighted by molar-refractivity contribution is -0.148. The summed E-state index contributed by atoms with van der Waals surface area (Å²) in [4.78, 5) is 53.7. The molecule has 3 amide bonds. The minimum atomic E-state index is -0.719. The molecular weight excluding hydrogens is 628 g/mol. The average Bonchev–Trinajstić information content (AvgIpc) is 3.82. The number of likely N-dealkylation sites (tertiary alicyclic amines) is 2. The molecule has 0 N–H and O–H groups in total. The number of carbonyl (C=O) groups is 3. The molecule has 4 saturated heterocycles. The van der Waals surface area contributed by atoms with Crippen molar-refractivity contribution >= 4 is 17.7 Å². The summed E-state index contributed by atoms with van der Waals surface area (Å²) >= 11 is 0. The van der Waals surface area contributed by atoms with E-state index in [9.17, 15) is 18.8 Å². The summed E-state index contributed by atoms with van der Waals surface area (Å²) in [7, 11) is 2.04. The van der Waals surface area contributed by atoms with Gasteiger partial charge in [-0.15, -0.1) is 0 Å². The topological polar surface area (TPSA) is 76.6 Å². The monoisotopic (exact) mass is 685 g/mol. The minimum absolute atomic E-state index is 0.0154. The van der Waals surface area contributed by atoms with E-state index in [-0.39, 0.29) is 47.3 Å². The van der Waals surface area contributed by atoms with Crippen molar-refractivity contribution in [3.05, 3.63) is 35.4 Å². The van der Waals surface area contributed by atoms with Crippen LogP contribution in [0.5, 0.6) is 0 Å². The van der Waals surface area contributed by atoms with Crippen LogP contribution < -0.4 is 0 Å². The van der Waals surface area contributed by atoms with Gasteiger partial charge < -0.3 is 24.3 Å². The van der Waals surface area contributed by atoms with Crippen LogP contribution in [0.1, 0.15) is 91.0 Å². The lowest BCUT2D eigenvalue weighted by Crippen LogP contribution is -2.54. The van der Waals surface area contributed by atoms with Crippen LogP contribution in [0, 0.1) is 23.0 Å². The number of piperazine rings is 1. The molecule has 4 heterocycles. The molecule has 1 aromatic rings. The van der Waals surface area contributed by atoms with E-state index in [1.165, 1.54) is 12.1 Å². The third kappa shape index (κ3) is 7.69. The Morgan fingerprint density at radius 1 is 0.918 bits per heavy atom. The van der Waals surface area contributed by atoms with E-state index in [0.29, 0.717) is 51.2 Å². The SMILES string of the molecule is CN1CCN(C(=O)[C@@H]2CC(N(C(=O)[C@@H]3CCCO3)C3CCC(C)(C)CC3)CN2C(=O)[C@@H]2CN(C(C)(C)C)C[C@H]2c2ccc(F)cc2F)CC1. The van der Waals surface area contributed by atoms with Gasteiger partial charge in [0.05, 0.1) is 12.0 Å². The first-order valence-corrected chi connectivity index (χ1v) is 18.5. The fourth-order valence-corrected chi connectivity index (χ4v) is 8.92. The van der Waals surface area contributed by atoms with Crippen LogP contribution >= 0.6 is 0 Å². The lowest BCUT2D eigenvalue weighted by Gasteiger charge is -2.43. The summed E-state index contributed by atoms with van der Waals surface area (Å²) in [5.41, 5.74) is 0.244. The highest BCUT2D eigenvalue weighted by molar-refractivity contribution is 5.91. The second-order valence-electron chi connectivity index (χ2n) is 17.1. The molecule has 0 aromatic heterocycles. The summed E-state index contributed by atoms with van der Waals surface area (Å²) in [6.45, 7) is 15.1. The molecule has 5 fully saturated rings. The molecule has 0 bridgehead atoms. The average molecular weight is 686 g/mol. The maximum Gasteiger partial charge on any atom is 0.252 e. The molecule has 272 valence electrons. The summed E-state index contributed by atoms with van der Waals surface area (Å²) in [6.07, 6.45) is 5.16. The van der Waals surface area contributed by atoms with Gasteiger partial charge in [-0.2, -0.15) is 0 Å². The van der Waals surface area contributed by atoms with E-state index < -0.39 is 35.6 Å². The molecular formula is C38H57F2N5O4. The Bertz CT molecular complexity index is 1380. The molecule has 0 radical (unpaired) electrons. The van der Waals surface area contributed by atoms with Crippen molar-refractivity contribution in [2.24, 2.45) is 11.3 Å². The summed E-state index contributed by atoms with van der Waals surface area (Å²) in [6, 6.07) is 2.59. The smallest absolute Gasteiger partial charge is 0.252 e. The summed E-state index contributed by atoms with van der Waals surface area (Å²) in [5, 5.41) is 0. The highest BCUT2D eigenvalue weighted by atomic mass is 19.1. The van der Waals surface area contributed by atoms with Gasteiger partial charge in [0.25, 0.3) is 5.91 Å². The van der Waals surface area contributed by atoms with Crippen molar-refractivity contribution in [2.45, 2.75) is 115 Å². The quantitative estimate of drug-likeness (QED) is 0.440. The first-order valence-electron chi connectivity index (χ1n) is 18.5. The first-order chi connectivity index (χ1) is 23.1. The number of carbonyl (C=O) groups excluding carboxylic acids is 3. The maximum absolute atomic E-state index is 15.4. The number of benzene rings is 1. The second-order valence-corrected chi connectivity index (χ2v) is 17.1. The van der Waals surface area contributed by atoms with Crippen molar-refractivity contribution in [3.63, 3.8) is 0 Å². The van der Waals surface area contributed by atoms with Crippen LogP contribution in [0.4, 0.5) is 8.78 Å². The molecule has 0 spiro atoms. The van der Waals surface area contributed by atoms with E-state index in [4.69, 9.17) is 4.74 Å². The number of likely N-dealkylation sites (N-methyl/N-ethyl adjacent to an activating group) is 1. The largest absolute Gasteiger partial charge is 0.368 e. The van der Waals surface area contributed by atoms with Crippen LogP contribution in [-0.4, -0.2) is 131 Å². The van der Waals surface area contributed by atoms with Crippen LogP contribution in [0.2, 0.25) is 0 Å². The van der Waals surface area contributed by atoms with Crippen LogP contribution in [-0.2, 0) is 19.1 Å². The highest BCUT2D eigenvalue weighted by Gasteiger charge is 2.52. The van der Waals surface area contributed by atoms with Crippen LogP contribution in [0.15, 0.2) is 18.2 Å². The predicted octanol–water partition coefficient (Wildman–Crippen LogP) is 4.50. The highest BCUT2D eigenvalue weighted by Crippen LogP contribution is 2.42. The zero-order valence-electron chi connectivity index (χ0n) is 30.4. The van der Waals surface area contributed by atoms with Gasteiger partial charge in [-0.05, 0) is 89.8 Å². The van der Waals surface area contributed by atoms with E-state index in [1.54, 1.807) is 4.90 Å². The summed E-state index contributed by atoms with van der Waals surface area (Å²) < 4.78 is 35.3. The summed E-state index contributed by atoms with van der Waals surface area (Å²) in [5.74, 6) is -2.72. The van der Waals surface area contributed by atoms with Gasteiger partial charge in [-0.25, -0.2) is 8.78 Å². The number of ether oxygens (including phenoxy) is 1. The van der Waals surface area contributed by atoms with Gasteiger partial charge in [0, 0.05) is 76.0 Å². The van der Waals surface area contributed by atoms with Gasteiger partial charge in [0.2, 0.25) is 11.8 Å². The normalized spacial score (nSPS) is 30.2. The van der Waals surface area contributed by atoms with Gasteiger partial charge in [0.15, 0.2) is 0 Å². The molecule has 5 aliphatic rings. The number of halogens is 2. The van der Waals surface area contributed by atoms with Gasteiger partial charge in [-0.3, -0.25) is 19.3 Å². The molecule has 11 heteroatoms. The molecule has 1 aromatic carbocycles. The molecule has 1 saturated carbocycles. The maximum atomic E-state index is 15.4. The van der Waals surface area contributed by atoms with E-state index in [1.807, 2.05) is 16.8 Å². The van der Waals surface area contributed by atoms with Gasteiger partial charge in [-0.1, -0.05) is 19.9 Å². The fraction of sp³-hybridized carbons (Fsp3) is 0.763. The molecule has 1 aliphatic carbocycles. The lowest BCUT2D eigenvalue weighted by atomic mass is 9.75. The van der Waals surface area contributed by atoms with E-state index >= 15 is 4.39 Å². The van der Waals surface area contributed by atoms with E-state index in [0.717, 1.165) is 51.3 Å². The van der Waals surface area contributed by atoms with E-state index in [2.05, 4.69) is 44.4 Å². The first kappa shape index (κ1) is 36.2. The molecule has 6 rings (SSSR count). The third-order valence-corrected chi connectivity index (χ3v) is 12.2. The molecule has 49 heavy (non-hydrogen) atoms. The standard InChI is InChI=1S/C38H57F2N5O4/c1-37(2,3)43-23-29(28-10-9-25(39)20-31(28)40)30(24-43)34(46)44-22-27(21-32(44)35(47)42-17-15-41(6)16-18-42)45(36(48)33-8-7-19-49-33)26-11-13-38(4,5)14-12-26/h9-10,20,26-27,29-30,32-33H,7-8,11-19,21-24H2,1-6H3/t27?,29-,30+,32-,33-/m0/s1. The molecule has 4 aliphatic heterocycles. The number of nitrogens with zero attached hydrogens (tertiary/aromatic N) is 5. The molecule has 5 atom stereocenters. The fourth-order valence-electron chi connectivity index (χ4n) is 8.92. The zero-order chi connectivity index (χ0) is 35.2. The Morgan fingerprint density at radius 2 is 1.61 bits per heavy atom. The third-order valence-electron chi connectivity index (χ3n) is 12.2. The van der Waals surface area contributed by atoms with Crippen molar-refractivity contribution in [1.29, 1.82) is 0 Å². The van der Waals surface area contributed by atoms with Crippen LogP contribution in [0.25, 0.3) is 0 Å². The Balaban J connectivity index is 1.34. The number of hydrogen-bond donors (Lipinski definition) is 0.